The lowest BCUT2D eigenvalue weighted by molar-refractivity contribution is -0.142. The number of nitrogens with zero attached hydrogens (tertiary/aromatic N) is 3. The highest BCUT2D eigenvalue weighted by molar-refractivity contribution is 5.81. The van der Waals surface area contributed by atoms with Crippen molar-refractivity contribution in [3.05, 3.63) is 30.0 Å². The third-order valence-corrected chi connectivity index (χ3v) is 3.24. The molecule has 0 unspecified atom stereocenters. The number of ether oxygens (including phenoxy) is 1. The molecule has 1 aromatic heterocycles. The van der Waals surface area contributed by atoms with Crippen molar-refractivity contribution >= 4 is 16.9 Å². The molecule has 0 radical (unpaired) electrons. The summed E-state index contributed by atoms with van der Waals surface area (Å²) in [4.78, 5) is 13.4. The van der Waals surface area contributed by atoms with Crippen LogP contribution in [0.5, 0.6) is 0 Å². The van der Waals surface area contributed by atoms with Crippen LogP contribution in [0.25, 0.3) is 10.9 Å². The highest BCUT2D eigenvalue weighted by Gasteiger charge is 2.14. The summed E-state index contributed by atoms with van der Waals surface area (Å²) < 4.78 is 6.58. The van der Waals surface area contributed by atoms with Gasteiger partial charge in [-0.25, -0.2) is 0 Å². The fourth-order valence-corrected chi connectivity index (χ4v) is 2.14. The molecule has 0 spiro atoms. The van der Waals surface area contributed by atoms with Crippen LogP contribution in [0.3, 0.4) is 0 Å². The van der Waals surface area contributed by atoms with Crippen LogP contribution < -0.4 is 0 Å². The predicted molar refractivity (Wildman–Crippen MR) is 73.7 cm³/mol. The van der Waals surface area contributed by atoms with Gasteiger partial charge in [0.15, 0.2) is 0 Å². The van der Waals surface area contributed by atoms with Gasteiger partial charge < -0.3 is 4.74 Å². The highest BCUT2D eigenvalue weighted by atomic mass is 16.5. The number of para-hydroxylation sites is 1. The van der Waals surface area contributed by atoms with Crippen molar-refractivity contribution in [2.75, 3.05) is 20.2 Å². The summed E-state index contributed by atoms with van der Waals surface area (Å²) in [5, 5.41) is 5.67. The Bertz CT molecular complexity index is 577. The fraction of sp³-hybridized carbons (Fsp3) is 0.429. The van der Waals surface area contributed by atoms with Crippen LogP contribution in [-0.2, 0) is 23.1 Å². The maximum absolute atomic E-state index is 11.4. The predicted octanol–water partition coefficient (Wildman–Crippen LogP) is 1.57. The lowest BCUT2D eigenvalue weighted by atomic mass is 10.2. The minimum absolute atomic E-state index is 0.220. The quantitative estimate of drug-likeness (QED) is 0.766. The molecule has 1 heterocycles. The Labute approximate surface area is 112 Å². The summed E-state index contributed by atoms with van der Waals surface area (Å²) in [7, 11) is 3.34. The molecule has 2 aromatic rings. The number of fused-ring (bicyclic) bond motifs is 1. The Hall–Kier alpha value is -1.88. The van der Waals surface area contributed by atoms with Crippen LogP contribution in [0.15, 0.2) is 24.3 Å². The largest absolute Gasteiger partial charge is 0.468 e. The van der Waals surface area contributed by atoms with Gasteiger partial charge >= 0.3 is 5.97 Å². The monoisotopic (exact) mass is 261 g/mol. The number of methoxy groups -OCH3 is 1. The Balaban J connectivity index is 2.22. The Morgan fingerprint density at radius 3 is 2.84 bits per heavy atom. The molecule has 0 saturated heterocycles. The van der Waals surface area contributed by atoms with Crippen LogP contribution in [0.4, 0.5) is 0 Å². The van der Waals surface area contributed by atoms with Gasteiger partial charge in [0.05, 0.1) is 24.9 Å². The Kier molecular flexibility index (Phi) is 4.16. The van der Waals surface area contributed by atoms with Crippen molar-refractivity contribution < 1.29 is 9.53 Å². The molecule has 0 aliphatic rings. The van der Waals surface area contributed by atoms with E-state index < -0.39 is 0 Å². The van der Waals surface area contributed by atoms with Gasteiger partial charge in [0, 0.05) is 19.0 Å². The molecule has 0 atom stereocenters. The van der Waals surface area contributed by atoms with E-state index in [4.69, 9.17) is 4.74 Å². The van der Waals surface area contributed by atoms with Gasteiger partial charge in [0.1, 0.15) is 0 Å². The summed E-state index contributed by atoms with van der Waals surface area (Å²) in [6.45, 7) is 3.74. The maximum atomic E-state index is 11.4. The van der Waals surface area contributed by atoms with E-state index in [1.165, 1.54) is 7.11 Å². The van der Waals surface area contributed by atoms with Crippen LogP contribution in [0.1, 0.15) is 12.6 Å². The Morgan fingerprint density at radius 2 is 2.16 bits per heavy atom. The van der Waals surface area contributed by atoms with E-state index in [0.717, 1.165) is 23.1 Å². The third-order valence-electron chi connectivity index (χ3n) is 3.24. The van der Waals surface area contributed by atoms with E-state index in [9.17, 15) is 4.79 Å². The van der Waals surface area contributed by atoms with Crippen molar-refractivity contribution in [2.45, 2.75) is 13.5 Å². The fourth-order valence-electron chi connectivity index (χ4n) is 2.14. The van der Waals surface area contributed by atoms with E-state index in [1.54, 1.807) is 0 Å². The zero-order valence-corrected chi connectivity index (χ0v) is 11.6. The van der Waals surface area contributed by atoms with Gasteiger partial charge in [0.2, 0.25) is 0 Å². The summed E-state index contributed by atoms with van der Waals surface area (Å²) in [6, 6.07) is 8.11. The van der Waals surface area contributed by atoms with Gasteiger partial charge in [-0.2, -0.15) is 5.10 Å². The summed E-state index contributed by atoms with van der Waals surface area (Å²) in [5.41, 5.74) is 2.09. The molecule has 5 nitrogen and oxygen atoms in total. The number of likely N-dealkylation sites (N-methyl/N-ethyl adjacent to an activating group) is 1. The van der Waals surface area contributed by atoms with Crippen molar-refractivity contribution in [3.8, 4) is 0 Å². The van der Waals surface area contributed by atoms with Gasteiger partial charge in [0.25, 0.3) is 0 Å². The molecule has 0 aliphatic heterocycles. The smallest absolute Gasteiger partial charge is 0.319 e. The lowest BCUT2D eigenvalue weighted by Gasteiger charge is -2.17. The number of carbonyl (C=O) groups excluding carboxylic acids is 1. The SMILES string of the molecule is CCN(CC(=O)OC)Cc1nn(C)c2ccccc12. The normalized spacial score (nSPS) is 11.2. The molecule has 0 amide bonds. The minimum atomic E-state index is -0.220. The first-order valence-corrected chi connectivity index (χ1v) is 6.35. The van der Waals surface area contributed by atoms with Crippen molar-refractivity contribution in [3.63, 3.8) is 0 Å². The van der Waals surface area contributed by atoms with Gasteiger partial charge in [-0.3, -0.25) is 14.4 Å². The molecule has 0 fully saturated rings. The number of hydrogen-bond acceptors (Lipinski definition) is 4. The second kappa shape index (κ2) is 5.84. The van der Waals surface area contributed by atoms with Crippen molar-refractivity contribution in [2.24, 2.45) is 7.05 Å². The summed E-state index contributed by atoms with van der Waals surface area (Å²) in [6.07, 6.45) is 0. The molecule has 19 heavy (non-hydrogen) atoms. The summed E-state index contributed by atoms with van der Waals surface area (Å²) in [5.74, 6) is -0.220. The number of carbonyl (C=O) groups is 1. The number of hydrogen-bond donors (Lipinski definition) is 0. The zero-order chi connectivity index (χ0) is 13.8. The first-order valence-electron chi connectivity index (χ1n) is 6.35. The molecule has 0 bridgehead atoms. The molecule has 102 valence electrons. The Morgan fingerprint density at radius 1 is 1.42 bits per heavy atom. The standard InChI is InChI=1S/C14H19N3O2/c1-4-17(10-14(18)19-3)9-12-11-7-5-6-8-13(11)16(2)15-12/h5-8H,4,9-10H2,1-3H3. The zero-order valence-electron chi connectivity index (χ0n) is 11.6. The van der Waals surface area contributed by atoms with Crippen LogP contribution in [0, 0.1) is 0 Å². The molecular weight excluding hydrogens is 242 g/mol. The number of aromatic nitrogens is 2. The number of benzene rings is 1. The van der Waals surface area contributed by atoms with Crippen LogP contribution in [-0.4, -0.2) is 40.8 Å². The van der Waals surface area contributed by atoms with Crippen molar-refractivity contribution in [1.82, 2.24) is 14.7 Å². The van der Waals surface area contributed by atoms with Gasteiger partial charge in [-0.15, -0.1) is 0 Å². The van der Waals surface area contributed by atoms with Gasteiger partial charge in [-0.05, 0) is 12.6 Å². The molecule has 0 aliphatic carbocycles. The lowest BCUT2D eigenvalue weighted by Crippen LogP contribution is -2.30. The number of esters is 1. The van der Waals surface area contributed by atoms with E-state index in [1.807, 2.05) is 41.8 Å². The average Bonchev–Trinajstić information content (AvgIpc) is 2.75. The molecule has 1 aromatic carbocycles. The molecule has 0 saturated carbocycles. The topological polar surface area (TPSA) is 47.4 Å². The second-order valence-corrected chi connectivity index (χ2v) is 4.47. The number of aryl methyl sites for hydroxylation is 1. The van der Waals surface area contributed by atoms with E-state index in [0.29, 0.717) is 6.54 Å². The molecular formula is C14H19N3O2. The first-order chi connectivity index (χ1) is 9.15. The van der Waals surface area contributed by atoms with Crippen LogP contribution in [0.2, 0.25) is 0 Å². The minimum Gasteiger partial charge on any atom is -0.468 e. The number of rotatable bonds is 5. The maximum Gasteiger partial charge on any atom is 0.319 e. The molecule has 5 heteroatoms. The first kappa shape index (κ1) is 13.5. The molecule has 2 rings (SSSR count). The average molecular weight is 261 g/mol. The van der Waals surface area contributed by atoms with E-state index in [-0.39, 0.29) is 12.5 Å². The molecule has 0 N–H and O–H groups in total. The summed E-state index contributed by atoms with van der Waals surface area (Å²) >= 11 is 0. The van der Waals surface area contributed by atoms with Gasteiger partial charge in [-0.1, -0.05) is 25.1 Å². The highest BCUT2D eigenvalue weighted by Crippen LogP contribution is 2.18. The second-order valence-electron chi connectivity index (χ2n) is 4.47. The third kappa shape index (κ3) is 2.93. The van der Waals surface area contributed by atoms with E-state index >= 15 is 0 Å². The van der Waals surface area contributed by atoms with Crippen molar-refractivity contribution in [1.29, 1.82) is 0 Å². The van der Waals surface area contributed by atoms with Crippen LogP contribution >= 0.6 is 0 Å². The van der Waals surface area contributed by atoms with E-state index in [2.05, 4.69) is 11.2 Å².